The maximum absolute atomic E-state index is 12.6. The largest absolute Gasteiger partial charge is 0.361 e. The maximum atomic E-state index is 12.6. The predicted molar refractivity (Wildman–Crippen MR) is 81.7 cm³/mol. The average Bonchev–Trinajstić information content (AvgIpc) is 3.25. The summed E-state index contributed by atoms with van der Waals surface area (Å²) in [6.45, 7) is 6.50. The minimum absolute atomic E-state index is 0.0591. The van der Waals surface area contributed by atoms with Gasteiger partial charge in [0.15, 0.2) is 5.82 Å². The van der Waals surface area contributed by atoms with Gasteiger partial charge in [0.05, 0.1) is 11.7 Å². The van der Waals surface area contributed by atoms with Crippen molar-refractivity contribution < 1.29 is 13.8 Å². The van der Waals surface area contributed by atoms with E-state index in [1.54, 1.807) is 0 Å². The molecule has 1 fully saturated rings. The lowest BCUT2D eigenvalue weighted by molar-refractivity contribution is -0.132. The maximum Gasteiger partial charge on any atom is 0.226 e. The van der Waals surface area contributed by atoms with Crippen LogP contribution in [0.25, 0.3) is 0 Å². The molecule has 0 unspecified atom stereocenters. The Labute approximate surface area is 135 Å². The normalized spacial score (nSPS) is 17.9. The van der Waals surface area contributed by atoms with Gasteiger partial charge < -0.3 is 13.9 Å². The average molecular weight is 318 g/mol. The Kier molecular flexibility index (Phi) is 4.45. The highest BCUT2D eigenvalue weighted by atomic mass is 16.5. The number of rotatable bonds is 5. The minimum Gasteiger partial charge on any atom is -0.361 e. The topological polar surface area (TPSA) is 85.3 Å². The number of carbonyl (C=O) groups excluding carboxylic acids is 1. The van der Waals surface area contributed by atoms with E-state index in [1.807, 2.05) is 25.7 Å². The van der Waals surface area contributed by atoms with Crippen molar-refractivity contribution in [2.75, 3.05) is 6.54 Å². The van der Waals surface area contributed by atoms with Gasteiger partial charge in [0.1, 0.15) is 5.76 Å². The van der Waals surface area contributed by atoms with Crippen molar-refractivity contribution in [3.05, 3.63) is 28.7 Å². The van der Waals surface area contributed by atoms with Gasteiger partial charge >= 0.3 is 0 Å². The predicted octanol–water partition coefficient (Wildman–Crippen LogP) is 2.53. The van der Waals surface area contributed by atoms with E-state index in [4.69, 9.17) is 9.05 Å². The van der Waals surface area contributed by atoms with Gasteiger partial charge in [0.25, 0.3) is 0 Å². The number of nitrogens with zero attached hydrogens (tertiary/aromatic N) is 4. The molecule has 0 N–H and O–H groups in total. The van der Waals surface area contributed by atoms with Crippen LogP contribution in [0, 0.1) is 13.8 Å². The van der Waals surface area contributed by atoms with Crippen molar-refractivity contribution in [3.63, 3.8) is 0 Å². The third-order valence-electron chi connectivity index (χ3n) is 4.43. The SMILES string of the molecule is CCc1nc([C@H]2CCCN2C(=O)CCc2c(C)noc2C)no1. The van der Waals surface area contributed by atoms with Crippen LogP contribution in [0.2, 0.25) is 0 Å². The van der Waals surface area contributed by atoms with E-state index in [0.29, 0.717) is 31.0 Å². The second-order valence-corrected chi connectivity index (χ2v) is 5.95. The number of likely N-dealkylation sites (tertiary alicyclic amines) is 1. The summed E-state index contributed by atoms with van der Waals surface area (Å²) in [5.74, 6) is 2.16. The molecule has 7 heteroatoms. The summed E-state index contributed by atoms with van der Waals surface area (Å²) < 4.78 is 10.3. The van der Waals surface area contributed by atoms with Crippen molar-refractivity contribution in [1.82, 2.24) is 20.2 Å². The second-order valence-electron chi connectivity index (χ2n) is 5.95. The Balaban J connectivity index is 1.66. The van der Waals surface area contributed by atoms with Crippen LogP contribution < -0.4 is 0 Å². The lowest BCUT2D eigenvalue weighted by atomic mass is 10.1. The Morgan fingerprint density at radius 2 is 2.13 bits per heavy atom. The molecule has 0 saturated carbocycles. The molecule has 1 aliphatic heterocycles. The van der Waals surface area contributed by atoms with Crippen molar-refractivity contribution >= 4 is 5.91 Å². The Bertz CT molecular complexity index is 672. The van der Waals surface area contributed by atoms with E-state index >= 15 is 0 Å². The summed E-state index contributed by atoms with van der Waals surface area (Å²) in [4.78, 5) is 18.9. The van der Waals surface area contributed by atoms with E-state index in [2.05, 4.69) is 15.3 Å². The highest BCUT2D eigenvalue weighted by molar-refractivity contribution is 5.77. The third-order valence-corrected chi connectivity index (χ3v) is 4.43. The van der Waals surface area contributed by atoms with Gasteiger partial charge in [-0.15, -0.1) is 0 Å². The molecule has 1 atom stereocenters. The van der Waals surface area contributed by atoms with Gasteiger partial charge in [-0.05, 0) is 33.1 Å². The monoisotopic (exact) mass is 318 g/mol. The van der Waals surface area contributed by atoms with Gasteiger partial charge in [-0.3, -0.25) is 4.79 Å². The quantitative estimate of drug-likeness (QED) is 0.842. The number of carbonyl (C=O) groups is 1. The molecule has 2 aromatic heterocycles. The molecule has 124 valence electrons. The lowest BCUT2D eigenvalue weighted by Crippen LogP contribution is -2.31. The van der Waals surface area contributed by atoms with Crippen molar-refractivity contribution in [3.8, 4) is 0 Å². The Morgan fingerprint density at radius 1 is 1.30 bits per heavy atom. The van der Waals surface area contributed by atoms with Crippen LogP contribution >= 0.6 is 0 Å². The lowest BCUT2D eigenvalue weighted by Gasteiger charge is -2.22. The van der Waals surface area contributed by atoms with Crippen LogP contribution in [0.5, 0.6) is 0 Å². The number of hydrogen-bond donors (Lipinski definition) is 0. The van der Waals surface area contributed by atoms with Crippen LogP contribution in [0.15, 0.2) is 9.05 Å². The van der Waals surface area contributed by atoms with E-state index < -0.39 is 0 Å². The summed E-state index contributed by atoms with van der Waals surface area (Å²) in [7, 11) is 0. The summed E-state index contributed by atoms with van der Waals surface area (Å²) in [6.07, 6.45) is 3.66. The van der Waals surface area contributed by atoms with Crippen molar-refractivity contribution in [2.24, 2.45) is 0 Å². The molecule has 23 heavy (non-hydrogen) atoms. The zero-order valence-electron chi connectivity index (χ0n) is 13.8. The molecule has 0 bridgehead atoms. The fourth-order valence-electron chi connectivity index (χ4n) is 3.11. The molecule has 1 amide bonds. The molecule has 2 aromatic rings. The summed E-state index contributed by atoms with van der Waals surface area (Å²) >= 11 is 0. The minimum atomic E-state index is -0.0591. The van der Waals surface area contributed by atoms with E-state index in [1.165, 1.54) is 0 Å². The first kappa shape index (κ1) is 15.7. The van der Waals surface area contributed by atoms with E-state index in [9.17, 15) is 4.79 Å². The van der Waals surface area contributed by atoms with Crippen molar-refractivity contribution in [2.45, 2.75) is 58.9 Å². The molecular formula is C16H22N4O3. The number of aryl methyl sites for hydroxylation is 3. The van der Waals surface area contributed by atoms with Gasteiger partial charge in [-0.2, -0.15) is 4.98 Å². The molecule has 1 saturated heterocycles. The zero-order valence-corrected chi connectivity index (χ0v) is 13.8. The molecule has 0 aromatic carbocycles. The Hall–Kier alpha value is -2.18. The number of aromatic nitrogens is 3. The molecule has 1 aliphatic rings. The van der Waals surface area contributed by atoms with E-state index in [-0.39, 0.29) is 11.9 Å². The zero-order chi connectivity index (χ0) is 16.4. The van der Waals surface area contributed by atoms with Gasteiger partial charge in [-0.25, -0.2) is 0 Å². The third kappa shape index (κ3) is 3.13. The molecule has 0 aliphatic carbocycles. The molecule has 0 spiro atoms. The van der Waals surface area contributed by atoms with Gasteiger partial charge in [0.2, 0.25) is 11.8 Å². The highest BCUT2D eigenvalue weighted by Crippen LogP contribution is 2.31. The van der Waals surface area contributed by atoms with E-state index in [0.717, 1.165) is 36.4 Å². The molecule has 7 nitrogen and oxygen atoms in total. The summed E-state index contributed by atoms with van der Waals surface area (Å²) in [5, 5.41) is 7.97. The summed E-state index contributed by atoms with van der Waals surface area (Å²) in [5.41, 5.74) is 1.89. The van der Waals surface area contributed by atoms with Crippen LogP contribution in [-0.2, 0) is 17.6 Å². The smallest absolute Gasteiger partial charge is 0.226 e. The Morgan fingerprint density at radius 3 is 2.78 bits per heavy atom. The van der Waals surface area contributed by atoms with Crippen LogP contribution in [0.4, 0.5) is 0 Å². The molecule has 3 rings (SSSR count). The van der Waals surface area contributed by atoms with Crippen LogP contribution in [0.3, 0.4) is 0 Å². The summed E-state index contributed by atoms with van der Waals surface area (Å²) in [6, 6.07) is -0.0591. The van der Waals surface area contributed by atoms with Crippen molar-refractivity contribution in [1.29, 1.82) is 0 Å². The molecule has 0 radical (unpaired) electrons. The van der Waals surface area contributed by atoms with Gasteiger partial charge in [-0.1, -0.05) is 17.2 Å². The first-order valence-electron chi connectivity index (χ1n) is 8.13. The van der Waals surface area contributed by atoms with Crippen LogP contribution in [0.1, 0.15) is 61.0 Å². The first-order valence-corrected chi connectivity index (χ1v) is 8.13. The highest BCUT2D eigenvalue weighted by Gasteiger charge is 2.33. The first-order chi connectivity index (χ1) is 11.1. The fraction of sp³-hybridized carbons (Fsp3) is 0.625. The molecule has 3 heterocycles. The number of hydrogen-bond acceptors (Lipinski definition) is 6. The number of amides is 1. The fourth-order valence-corrected chi connectivity index (χ4v) is 3.11. The second kappa shape index (κ2) is 6.52. The van der Waals surface area contributed by atoms with Gasteiger partial charge in [0, 0.05) is 24.9 Å². The standard InChI is InChI=1S/C16H22N4O3/c1-4-14-17-16(19-23-14)13-6-5-9-20(13)15(21)8-7-12-10(2)18-22-11(12)3/h13H,4-9H2,1-3H3/t13-/m1/s1. The van der Waals surface area contributed by atoms with Crippen LogP contribution in [-0.4, -0.2) is 32.6 Å². The molecular weight excluding hydrogens is 296 g/mol.